The van der Waals surface area contributed by atoms with Gasteiger partial charge in [0.25, 0.3) is 0 Å². The summed E-state index contributed by atoms with van der Waals surface area (Å²) in [6.45, 7) is 0. The molecule has 0 fully saturated rings. The maximum absolute atomic E-state index is 5.44. The lowest BCUT2D eigenvalue weighted by molar-refractivity contribution is 0.415. The van der Waals surface area contributed by atoms with Gasteiger partial charge in [-0.1, -0.05) is 36.3 Å². The minimum absolute atomic E-state index is 0.651. The number of nitrogens with zero attached hydrogens (tertiary/aromatic N) is 1. The third-order valence-electron chi connectivity index (χ3n) is 3.27. The lowest BCUT2D eigenvalue weighted by Gasteiger charge is -2.07. The first-order valence-corrected chi connectivity index (χ1v) is 6.32. The number of hydrogen-bond donors (Lipinski definition) is 0. The normalized spacial score (nSPS) is 10.2. The fourth-order valence-electron chi connectivity index (χ4n) is 2.23. The molecule has 0 unspecified atom stereocenters. The Morgan fingerprint density at radius 2 is 1.80 bits per heavy atom. The number of aromatic nitrogens is 1. The number of fused-ring (bicyclic) bond motifs is 1. The zero-order valence-corrected chi connectivity index (χ0v) is 11.1. The predicted octanol–water partition coefficient (Wildman–Crippen LogP) is 3.89. The van der Waals surface area contributed by atoms with Gasteiger partial charge in [0.05, 0.1) is 12.6 Å². The van der Waals surface area contributed by atoms with Crippen molar-refractivity contribution < 1.29 is 4.74 Å². The summed E-state index contributed by atoms with van der Waals surface area (Å²) in [5.74, 6) is 3.42. The van der Waals surface area contributed by atoms with Gasteiger partial charge >= 0.3 is 0 Å². The van der Waals surface area contributed by atoms with Gasteiger partial charge in [-0.3, -0.25) is 0 Å². The molecule has 1 heterocycles. The van der Waals surface area contributed by atoms with Gasteiger partial charge in [-0.2, -0.15) is 0 Å². The Morgan fingerprint density at radius 3 is 2.50 bits per heavy atom. The summed E-state index contributed by atoms with van der Waals surface area (Å²) in [6, 6.07) is 17.9. The van der Waals surface area contributed by atoms with Gasteiger partial charge < -0.3 is 4.74 Å². The minimum Gasteiger partial charge on any atom is -0.497 e. The average molecular weight is 259 g/mol. The van der Waals surface area contributed by atoms with Crippen LogP contribution in [0.15, 0.2) is 54.6 Å². The summed E-state index contributed by atoms with van der Waals surface area (Å²) in [4.78, 5) is 4.55. The number of hydrogen-bond acceptors (Lipinski definition) is 2. The van der Waals surface area contributed by atoms with Gasteiger partial charge in [-0.25, -0.2) is 4.98 Å². The summed E-state index contributed by atoms with van der Waals surface area (Å²) >= 11 is 0. The molecule has 0 aliphatic rings. The molecule has 2 aromatic carbocycles. The van der Waals surface area contributed by atoms with E-state index < -0.39 is 0 Å². The number of terminal acetylenes is 1. The van der Waals surface area contributed by atoms with Crippen LogP contribution in [0.5, 0.6) is 5.75 Å². The molecule has 0 atom stereocenters. The Bertz CT molecular complexity index is 798. The van der Waals surface area contributed by atoms with Gasteiger partial charge in [-0.15, -0.1) is 6.42 Å². The molecule has 20 heavy (non-hydrogen) atoms. The zero-order chi connectivity index (χ0) is 13.9. The maximum Gasteiger partial charge on any atom is 0.118 e. The van der Waals surface area contributed by atoms with E-state index in [2.05, 4.69) is 17.0 Å². The van der Waals surface area contributed by atoms with E-state index in [9.17, 15) is 0 Å². The largest absolute Gasteiger partial charge is 0.497 e. The van der Waals surface area contributed by atoms with Gasteiger partial charge in [0.15, 0.2) is 0 Å². The number of methoxy groups -OCH3 is 1. The highest BCUT2D eigenvalue weighted by molar-refractivity contribution is 5.93. The Kier molecular flexibility index (Phi) is 3.10. The van der Waals surface area contributed by atoms with E-state index in [1.807, 2.05) is 48.5 Å². The number of rotatable bonds is 2. The molecule has 0 aliphatic heterocycles. The molecule has 0 spiro atoms. The lowest BCUT2D eigenvalue weighted by atomic mass is 10.0. The second-order valence-corrected chi connectivity index (χ2v) is 4.45. The van der Waals surface area contributed by atoms with Crippen molar-refractivity contribution in [3.8, 4) is 29.2 Å². The maximum atomic E-state index is 5.44. The van der Waals surface area contributed by atoms with Crippen molar-refractivity contribution in [2.45, 2.75) is 0 Å². The molecule has 3 rings (SSSR count). The van der Waals surface area contributed by atoms with E-state index in [4.69, 9.17) is 11.2 Å². The smallest absolute Gasteiger partial charge is 0.118 e. The van der Waals surface area contributed by atoms with Crippen LogP contribution in [0.2, 0.25) is 0 Å². The monoisotopic (exact) mass is 259 g/mol. The van der Waals surface area contributed by atoms with E-state index in [0.717, 1.165) is 27.8 Å². The van der Waals surface area contributed by atoms with Crippen LogP contribution in [0.3, 0.4) is 0 Å². The first kappa shape index (κ1) is 12.3. The number of benzene rings is 2. The quantitative estimate of drug-likeness (QED) is 0.651. The molecule has 0 radical (unpaired) electrons. The van der Waals surface area contributed by atoms with Crippen LogP contribution in [0, 0.1) is 12.3 Å². The molecule has 2 nitrogen and oxygen atoms in total. The molecule has 2 heteroatoms. The Labute approximate surface area is 118 Å². The molecule has 0 bridgehead atoms. The molecule has 0 amide bonds. The summed E-state index contributed by atoms with van der Waals surface area (Å²) in [6.07, 6.45) is 5.44. The van der Waals surface area contributed by atoms with Gasteiger partial charge in [-0.05, 0) is 29.8 Å². The van der Waals surface area contributed by atoms with Crippen molar-refractivity contribution in [3.63, 3.8) is 0 Å². The highest BCUT2D eigenvalue weighted by atomic mass is 16.5. The summed E-state index contributed by atoms with van der Waals surface area (Å²) in [5.41, 5.74) is 3.74. The molecule has 96 valence electrons. The molecule has 0 saturated carbocycles. The molecule has 0 aliphatic carbocycles. The van der Waals surface area contributed by atoms with Crippen LogP contribution >= 0.6 is 0 Å². The van der Waals surface area contributed by atoms with Gasteiger partial charge in [0, 0.05) is 10.9 Å². The third-order valence-corrected chi connectivity index (χ3v) is 3.27. The van der Waals surface area contributed by atoms with E-state index >= 15 is 0 Å². The first-order chi connectivity index (χ1) is 9.81. The van der Waals surface area contributed by atoms with Crippen LogP contribution < -0.4 is 4.74 Å². The van der Waals surface area contributed by atoms with Crippen LogP contribution in [-0.2, 0) is 0 Å². The molecule has 0 saturated heterocycles. The van der Waals surface area contributed by atoms with Crippen molar-refractivity contribution in [3.05, 3.63) is 60.3 Å². The summed E-state index contributed by atoms with van der Waals surface area (Å²) in [5, 5.41) is 1.08. The van der Waals surface area contributed by atoms with Crippen LogP contribution in [0.1, 0.15) is 5.69 Å². The number of pyridine rings is 1. The molecule has 1 aromatic heterocycles. The Balaban J connectivity index is 2.21. The van der Waals surface area contributed by atoms with Crippen LogP contribution in [-0.4, -0.2) is 12.1 Å². The van der Waals surface area contributed by atoms with Crippen molar-refractivity contribution in [1.82, 2.24) is 4.98 Å². The lowest BCUT2D eigenvalue weighted by Crippen LogP contribution is -1.88. The highest BCUT2D eigenvalue weighted by Gasteiger charge is 2.06. The topological polar surface area (TPSA) is 22.1 Å². The van der Waals surface area contributed by atoms with E-state index in [1.165, 1.54) is 0 Å². The molecular weight excluding hydrogens is 246 g/mol. The zero-order valence-electron chi connectivity index (χ0n) is 11.1. The average Bonchev–Trinajstić information content (AvgIpc) is 2.54. The van der Waals surface area contributed by atoms with Crippen LogP contribution in [0.4, 0.5) is 0 Å². The Morgan fingerprint density at radius 1 is 1.00 bits per heavy atom. The van der Waals surface area contributed by atoms with Crippen molar-refractivity contribution >= 4 is 10.9 Å². The summed E-state index contributed by atoms with van der Waals surface area (Å²) < 4.78 is 5.19. The second kappa shape index (κ2) is 5.07. The van der Waals surface area contributed by atoms with Crippen molar-refractivity contribution in [2.24, 2.45) is 0 Å². The number of para-hydroxylation sites is 1. The van der Waals surface area contributed by atoms with E-state index in [-0.39, 0.29) is 0 Å². The first-order valence-electron chi connectivity index (χ1n) is 6.32. The third kappa shape index (κ3) is 2.10. The van der Waals surface area contributed by atoms with E-state index in [1.54, 1.807) is 7.11 Å². The van der Waals surface area contributed by atoms with Gasteiger partial charge in [0.1, 0.15) is 11.4 Å². The molecule has 0 N–H and O–H groups in total. The fraction of sp³-hybridized carbons (Fsp3) is 0.0556. The molecule has 3 aromatic rings. The minimum atomic E-state index is 0.651. The fourth-order valence-corrected chi connectivity index (χ4v) is 2.23. The number of ether oxygens (including phenoxy) is 1. The standard InChI is InChI=1S/C18H13NO/c1-3-15-10-7-14-5-4-6-17(18(14)19-15)13-8-11-16(20-2)12-9-13/h1,4-12H,2H3. The van der Waals surface area contributed by atoms with Crippen molar-refractivity contribution in [1.29, 1.82) is 0 Å². The highest BCUT2D eigenvalue weighted by Crippen LogP contribution is 2.28. The van der Waals surface area contributed by atoms with E-state index in [0.29, 0.717) is 5.69 Å². The van der Waals surface area contributed by atoms with Gasteiger partial charge in [0.2, 0.25) is 0 Å². The predicted molar refractivity (Wildman–Crippen MR) is 81.7 cm³/mol. The van der Waals surface area contributed by atoms with Crippen molar-refractivity contribution in [2.75, 3.05) is 7.11 Å². The Hall–Kier alpha value is -2.79. The molecular formula is C18H13NO. The summed E-state index contributed by atoms with van der Waals surface area (Å²) in [7, 11) is 1.66. The second-order valence-electron chi connectivity index (χ2n) is 4.45. The SMILES string of the molecule is C#Cc1ccc2cccc(-c3ccc(OC)cc3)c2n1. The van der Waals surface area contributed by atoms with Crippen LogP contribution in [0.25, 0.3) is 22.0 Å².